The van der Waals surface area contributed by atoms with Crippen molar-refractivity contribution in [2.45, 2.75) is 26.3 Å². The normalized spacial score (nSPS) is 10.8. The third-order valence-electron chi connectivity index (χ3n) is 2.90. The standard InChI is InChI=1S/C15H20FN5/c1-10(2)13-18-14(20-15(19-13)21(3)4)17-9-11-6-5-7-12(16)8-11/h5-8,10H,9H2,1-4H3,(H,17,18,19,20). The molecular formula is C15H20FN5. The van der Waals surface area contributed by atoms with Crippen LogP contribution in [-0.2, 0) is 6.54 Å². The average molecular weight is 289 g/mol. The summed E-state index contributed by atoms with van der Waals surface area (Å²) in [5.41, 5.74) is 0.841. The number of hydrogen-bond acceptors (Lipinski definition) is 5. The summed E-state index contributed by atoms with van der Waals surface area (Å²) in [6.45, 7) is 4.53. The molecule has 6 heteroatoms. The van der Waals surface area contributed by atoms with Gasteiger partial charge in [-0.25, -0.2) is 4.39 Å². The van der Waals surface area contributed by atoms with Gasteiger partial charge in [-0.2, -0.15) is 15.0 Å². The first kappa shape index (κ1) is 15.2. The molecule has 1 aromatic heterocycles. The maximum absolute atomic E-state index is 13.2. The number of aromatic nitrogens is 3. The Kier molecular flexibility index (Phi) is 4.67. The van der Waals surface area contributed by atoms with Crippen LogP contribution in [0, 0.1) is 5.82 Å². The van der Waals surface area contributed by atoms with E-state index in [0.717, 1.165) is 11.4 Å². The van der Waals surface area contributed by atoms with Gasteiger partial charge < -0.3 is 10.2 Å². The monoisotopic (exact) mass is 289 g/mol. The number of nitrogens with zero attached hydrogens (tertiary/aromatic N) is 4. The molecule has 2 aromatic rings. The van der Waals surface area contributed by atoms with Gasteiger partial charge in [0.05, 0.1) is 0 Å². The van der Waals surface area contributed by atoms with E-state index in [1.165, 1.54) is 12.1 Å². The van der Waals surface area contributed by atoms with Crippen LogP contribution >= 0.6 is 0 Å². The van der Waals surface area contributed by atoms with Crippen LogP contribution in [0.25, 0.3) is 0 Å². The first-order valence-electron chi connectivity index (χ1n) is 6.87. The van der Waals surface area contributed by atoms with Crippen LogP contribution in [0.15, 0.2) is 24.3 Å². The lowest BCUT2D eigenvalue weighted by molar-refractivity contribution is 0.626. The molecule has 0 atom stereocenters. The van der Waals surface area contributed by atoms with E-state index in [9.17, 15) is 4.39 Å². The highest BCUT2D eigenvalue weighted by Gasteiger charge is 2.10. The Morgan fingerprint density at radius 3 is 2.57 bits per heavy atom. The summed E-state index contributed by atoms with van der Waals surface area (Å²) in [5, 5.41) is 3.12. The third-order valence-corrected chi connectivity index (χ3v) is 2.90. The Labute approximate surface area is 124 Å². The first-order valence-corrected chi connectivity index (χ1v) is 6.87. The van der Waals surface area contributed by atoms with Gasteiger partial charge in [0.1, 0.15) is 11.6 Å². The Bertz CT molecular complexity index is 587. The summed E-state index contributed by atoms with van der Waals surface area (Å²) < 4.78 is 13.2. The predicted molar refractivity (Wildman–Crippen MR) is 82.0 cm³/mol. The molecule has 1 heterocycles. The van der Waals surface area contributed by atoms with Crippen LogP contribution in [0.5, 0.6) is 0 Å². The van der Waals surface area contributed by atoms with Crippen molar-refractivity contribution in [3.63, 3.8) is 0 Å². The topological polar surface area (TPSA) is 53.9 Å². The smallest absolute Gasteiger partial charge is 0.229 e. The minimum atomic E-state index is -0.248. The van der Waals surface area contributed by atoms with Gasteiger partial charge in [-0.3, -0.25) is 0 Å². The summed E-state index contributed by atoms with van der Waals surface area (Å²) >= 11 is 0. The molecule has 0 aliphatic carbocycles. The lowest BCUT2D eigenvalue weighted by atomic mass is 10.2. The Hall–Kier alpha value is -2.24. The predicted octanol–water partition coefficient (Wildman–Crippen LogP) is 2.81. The number of hydrogen-bond donors (Lipinski definition) is 1. The molecule has 0 aliphatic heterocycles. The highest BCUT2D eigenvalue weighted by atomic mass is 19.1. The van der Waals surface area contributed by atoms with Crippen LogP contribution in [0.2, 0.25) is 0 Å². The van der Waals surface area contributed by atoms with Gasteiger partial charge in [-0.15, -0.1) is 0 Å². The van der Waals surface area contributed by atoms with Crippen molar-refractivity contribution in [1.82, 2.24) is 15.0 Å². The molecule has 0 saturated carbocycles. The van der Waals surface area contributed by atoms with Gasteiger partial charge >= 0.3 is 0 Å². The maximum Gasteiger partial charge on any atom is 0.229 e. The number of nitrogens with one attached hydrogen (secondary N) is 1. The largest absolute Gasteiger partial charge is 0.350 e. The number of halogens is 1. The van der Waals surface area contributed by atoms with E-state index in [2.05, 4.69) is 20.3 Å². The number of rotatable bonds is 5. The Balaban J connectivity index is 2.19. The second-order valence-electron chi connectivity index (χ2n) is 5.35. The van der Waals surface area contributed by atoms with E-state index in [4.69, 9.17) is 0 Å². The molecule has 5 nitrogen and oxygen atoms in total. The zero-order chi connectivity index (χ0) is 15.4. The van der Waals surface area contributed by atoms with E-state index in [1.807, 2.05) is 38.9 Å². The zero-order valence-corrected chi connectivity index (χ0v) is 12.8. The molecule has 21 heavy (non-hydrogen) atoms. The number of benzene rings is 1. The highest BCUT2D eigenvalue weighted by molar-refractivity contribution is 5.37. The Morgan fingerprint density at radius 2 is 1.95 bits per heavy atom. The molecule has 0 spiro atoms. The van der Waals surface area contributed by atoms with E-state index in [1.54, 1.807) is 6.07 Å². The fourth-order valence-electron chi connectivity index (χ4n) is 1.75. The fraction of sp³-hybridized carbons (Fsp3) is 0.400. The van der Waals surface area contributed by atoms with Crippen LogP contribution < -0.4 is 10.2 Å². The van der Waals surface area contributed by atoms with Crippen LogP contribution in [0.1, 0.15) is 31.2 Å². The summed E-state index contributed by atoms with van der Waals surface area (Å²) in [7, 11) is 3.77. The molecular weight excluding hydrogens is 269 g/mol. The van der Waals surface area contributed by atoms with Crippen molar-refractivity contribution in [3.8, 4) is 0 Å². The fourth-order valence-corrected chi connectivity index (χ4v) is 1.75. The molecule has 0 saturated heterocycles. The van der Waals surface area contributed by atoms with Crippen molar-refractivity contribution in [3.05, 3.63) is 41.5 Å². The van der Waals surface area contributed by atoms with Crippen LogP contribution in [-0.4, -0.2) is 29.0 Å². The van der Waals surface area contributed by atoms with Crippen molar-refractivity contribution < 1.29 is 4.39 Å². The van der Waals surface area contributed by atoms with Gasteiger partial charge in [0.15, 0.2) is 0 Å². The average Bonchev–Trinajstić information content (AvgIpc) is 2.45. The SMILES string of the molecule is CC(C)c1nc(NCc2cccc(F)c2)nc(N(C)C)n1. The molecule has 1 N–H and O–H groups in total. The van der Waals surface area contributed by atoms with Crippen LogP contribution in [0.3, 0.4) is 0 Å². The van der Waals surface area contributed by atoms with Crippen molar-refractivity contribution >= 4 is 11.9 Å². The quantitative estimate of drug-likeness (QED) is 0.917. The molecule has 0 unspecified atom stereocenters. The molecule has 0 radical (unpaired) electrons. The van der Waals surface area contributed by atoms with Gasteiger partial charge in [-0.1, -0.05) is 26.0 Å². The highest BCUT2D eigenvalue weighted by Crippen LogP contribution is 2.15. The van der Waals surface area contributed by atoms with E-state index in [-0.39, 0.29) is 11.7 Å². The maximum atomic E-state index is 13.2. The van der Waals surface area contributed by atoms with E-state index in [0.29, 0.717) is 18.4 Å². The van der Waals surface area contributed by atoms with Gasteiger partial charge in [-0.05, 0) is 17.7 Å². The summed E-state index contributed by atoms with van der Waals surface area (Å²) in [4.78, 5) is 15.0. The van der Waals surface area contributed by atoms with E-state index < -0.39 is 0 Å². The minimum Gasteiger partial charge on any atom is -0.350 e. The molecule has 0 amide bonds. The van der Waals surface area contributed by atoms with Crippen molar-refractivity contribution in [2.75, 3.05) is 24.3 Å². The van der Waals surface area contributed by atoms with Crippen molar-refractivity contribution in [2.24, 2.45) is 0 Å². The molecule has 112 valence electrons. The first-order chi connectivity index (χ1) is 9.95. The molecule has 0 fully saturated rings. The summed E-state index contributed by atoms with van der Waals surface area (Å²) in [5.74, 6) is 1.80. The van der Waals surface area contributed by atoms with E-state index >= 15 is 0 Å². The Morgan fingerprint density at radius 1 is 1.19 bits per heavy atom. The third kappa shape index (κ3) is 4.11. The van der Waals surface area contributed by atoms with Crippen molar-refractivity contribution in [1.29, 1.82) is 0 Å². The van der Waals surface area contributed by atoms with Gasteiger partial charge in [0.2, 0.25) is 11.9 Å². The second-order valence-corrected chi connectivity index (χ2v) is 5.35. The molecule has 0 bridgehead atoms. The summed E-state index contributed by atoms with van der Waals surface area (Å²) in [6, 6.07) is 6.45. The second kappa shape index (κ2) is 6.47. The lowest BCUT2D eigenvalue weighted by Crippen LogP contribution is -2.17. The molecule has 1 aromatic carbocycles. The lowest BCUT2D eigenvalue weighted by Gasteiger charge is -2.14. The van der Waals surface area contributed by atoms with Crippen LogP contribution in [0.4, 0.5) is 16.3 Å². The molecule has 2 rings (SSSR count). The molecule has 0 aliphatic rings. The minimum absolute atomic E-state index is 0.210. The number of anilines is 2. The van der Waals surface area contributed by atoms with Gasteiger partial charge in [0, 0.05) is 26.6 Å². The summed E-state index contributed by atoms with van der Waals surface area (Å²) in [6.07, 6.45) is 0. The van der Waals surface area contributed by atoms with Gasteiger partial charge in [0.25, 0.3) is 0 Å². The zero-order valence-electron chi connectivity index (χ0n) is 12.8.